The van der Waals surface area contributed by atoms with Crippen molar-refractivity contribution in [1.82, 2.24) is 15.5 Å². The number of rotatable bonds is 4. The van der Waals surface area contributed by atoms with E-state index in [-0.39, 0.29) is 11.8 Å². The number of anilines is 1. The molecule has 2 heterocycles. The van der Waals surface area contributed by atoms with Crippen LogP contribution < -0.4 is 10.2 Å². The number of benzene rings is 1. The van der Waals surface area contributed by atoms with Crippen LogP contribution in [0.1, 0.15) is 49.7 Å². The van der Waals surface area contributed by atoms with Crippen LogP contribution in [0, 0.1) is 19.8 Å². The lowest BCUT2D eigenvalue weighted by atomic mass is 9.96. The molecule has 0 bridgehead atoms. The molecule has 2 fully saturated rings. The molecule has 0 spiro atoms. The Balaban J connectivity index is 1.41. The molecule has 1 aliphatic carbocycles. The Morgan fingerprint density at radius 1 is 1.00 bits per heavy atom. The molecule has 5 nitrogen and oxygen atoms in total. The second kappa shape index (κ2) is 8.29. The number of carbonyl (C=O) groups excluding carboxylic acids is 1. The largest absolute Gasteiger partial charge is 0.354 e. The number of aromatic nitrogens is 2. The van der Waals surface area contributed by atoms with E-state index in [1.165, 1.54) is 24.0 Å². The van der Waals surface area contributed by atoms with Crippen molar-refractivity contribution < 1.29 is 4.79 Å². The Hall–Kier alpha value is -2.43. The highest BCUT2D eigenvalue weighted by atomic mass is 16.2. The van der Waals surface area contributed by atoms with Crippen molar-refractivity contribution >= 4 is 11.7 Å². The normalized spacial score (nSPS) is 20.4. The second-order valence-electron chi connectivity index (χ2n) is 8.35. The van der Waals surface area contributed by atoms with Gasteiger partial charge < -0.3 is 10.2 Å². The fraction of sp³-hybridized carbons (Fsp3) is 0.522. The molecule has 1 saturated heterocycles. The first-order valence-electron chi connectivity index (χ1n) is 10.6. The molecule has 0 unspecified atom stereocenters. The van der Waals surface area contributed by atoms with Crippen LogP contribution in [0.5, 0.6) is 0 Å². The van der Waals surface area contributed by atoms with Gasteiger partial charge in [0.25, 0.3) is 0 Å². The van der Waals surface area contributed by atoms with Gasteiger partial charge in [0.2, 0.25) is 5.91 Å². The van der Waals surface area contributed by atoms with E-state index in [1.807, 2.05) is 12.1 Å². The van der Waals surface area contributed by atoms with Gasteiger partial charge in [-0.2, -0.15) is 0 Å². The van der Waals surface area contributed by atoms with Crippen LogP contribution in [-0.4, -0.2) is 35.2 Å². The molecule has 1 aromatic heterocycles. The van der Waals surface area contributed by atoms with Crippen LogP contribution in [0.4, 0.5) is 5.82 Å². The van der Waals surface area contributed by atoms with E-state index in [0.717, 1.165) is 55.8 Å². The Kier molecular flexibility index (Phi) is 5.60. The summed E-state index contributed by atoms with van der Waals surface area (Å²) in [5.74, 6) is 1.14. The lowest BCUT2D eigenvalue weighted by molar-refractivity contribution is -0.125. The third kappa shape index (κ3) is 4.18. The molecule has 1 saturated carbocycles. The minimum atomic E-state index is 0.0515. The molecular formula is C23H30N4O. The maximum atomic E-state index is 12.7. The van der Waals surface area contributed by atoms with E-state index < -0.39 is 0 Å². The van der Waals surface area contributed by atoms with E-state index in [1.54, 1.807) is 0 Å². The Labute approximate surface area is 167 Å². The summed E-state index contributed by atoms with van der Waals surface area (Å²) in [4.78, 5) is 14.9. The molecule has 2 aliphatic rings. The van der Waals surface area contributed by atoms with Crippen molar-refractivity contribution in [3.05, 3.63) is 41.5 Å². The highest BCUT2D eigenvalue weighted by Gasteiger charge is 2.28. The van der Waals surface area contributed by atoms with Crippen LogP contribution in [0.25, 0.3) is 11.3 Å². The molecule has 148 valence electrons. The summed E-state index contributed by atoms with van der Waals surface area (Å²) in [7, 11) is 0. The molecular weight excluding hydrogens is 348 g/mol. The zero-order chi connectivity index (χ0) is 19.5. The van der Waals surface area contributed by atoms with Crippen molar-refractivity contribution in [2.24, 2.45) is 5.92 Å². The SMILES string of the molecule is Cc1ccc(-c2ccc(N3CCC[C@@H](C(=O)NC4CCCC4)C3)nn2)cc1C. The summed E-state index contributed by atoms with van der Waals surface area (Å²) < 4.78 is 0. The number of amides is 1. The standard InChI is InChI=1S/C23H30N4O/c1-16-9-10-18(14-17(16)2)21-11-12-22(26-25-21)27-13-5-6-19(15-27)23(28)24-20-7-3-4-8-20/h9-12,14,19-20H,3-8,13,15H2,1-2H3,(H,24,28)/t19-/m1/s1. The van der Waals surface area contributed by atoms with Gasteiger partial charge in [-0.05, 0) is 68.9 Å². The third-order valence-electron chi connectivity index (χ3n) is 6.27. The molecule has 1 aromatic carbocycles. The fourth-order valence-corrected chi connectivity index (χ4v) is 4.34. The van der Waals surface area contributed by atoms with Gasteiger partial charge >= 0.3 is 0 Å². The molecule has 1 N–H and O–H groups in total. The highest BCUT2D eigenvalue weighted by molar-refractivity contribution is 5.80. The quantitative estimate of drug-likeness (QED) is 0.872. The maximum Gasteiger partial charge on any atom is 0.225 e. The number of carbonyl (C=O) groups is 1. The van der Waals surface area contributed by atoms with Gasteiger partial charge in [0.15, 0.2) is 5.82 Å². The highest BCUT2D eigenvalue weighted by Crippen LogP contribution is 2.25. The number of nitrogens with one attached hydrogen (secondary N) is 1. The van der Waals surface area contributed by atoms with E-state index in [9.17, 15) is 4.79 Å². The Morgan fingerprint density at radius 3 is 2.54 bits per heavy atom. The molecule has 28 heavy (non-hydrogen) atoms. The Morgan fingerprint density at radius 2 is 1.82 bits per heavy atom. The van der Waals surface area contributed by atoms with E-state index in [2.05, 4.69) is 52.5 Å². The summed E-state index contributed by atoms with van der Waals surface area (Å²) in [6.45, 7) is 5.90. The fourth-order valence-electron chi connectivity index (χ4n) is 4.34. The zero-order valence-electron chi connectivity index (χ0n) is 16.9. The minimum absolute atomic E-state index is 0.0515. The van der Waals surface area contributed by atoms with Crippen LogP contribution in [-0.2, 0) is 4.79 Å². The van der Waals surface area contributed by atoms with Crippen molar-refractivity contribution in [2.45, 2.75) is 58.4 Å². The van der Waals surface area contributed by atoms with Crippen molar-refractivity contribution in [3.8, 4) is 11.3 Å². The van der Waals surface area contributed by atoms with Crippen molar-refractivity contribution in [1.29, 1.82) is 0 Å². The van der Waals surface area contributed by atoms with Gasteiger partial charge in [0.1, 0.15) is 0 Å². The molecule has 4 rings (SSSR count). The van der Waals surface area contributed by atoms with Crippen LogP contribution in [0.2, 0.25) is 0 Å². The van der Waals surface area contributed by atoms with Gasteiger partial charge in [-0.3, -0.25) is 4.79 Å². The topological polar surface area (TPSA) is 58.1 Å². The molecule has 0 radical (unpaired) electrons. The van der Waals surface area contributed by atoms with Crippen LogP contribution in [0.3, 0.4) is 0 Å². The molecule has 2 aromatic rings. The molecule has 1 atom stereocenters. The summed E-state index contributed by atoms with van der Waals surface area (Å²) in [5, 5.41) is 12.2. The number of hydrogen-bond donors (Lipinski definition) is 1. The average Bonchev–Trinajstić information content (AvgIpc) is 3.23. The maximum absolute atomic E-state index is 12.7. The predicted molar refractivity (Wildman–Crippen MR) is 112 cm³/mol. The van der Waals surface area contributed by atoms with Gasteiger partial charge in [0.05, 0.1) is 11.6 Å². The van der Waals surface area contributed by atoms with Crippen LogP contribution in [0.15, 0.2) is 30.3 Å². The summed E-state index contributed by atoms with van der Waals surface area (Å²) >= 11 is 0. The first-order chi connectivity index (χ1) is 13.6. The lowest BCUT2D eigenvalue weighted by Gasteiger charge is -2.33. The van der Waals surface area contributed by atoms with Gasteiger partial charge in [-0.1, -0.05) is 25.0 Å². The summed E-state index contributed by atoms with van der Waals surface area (Å²) in [6, 6.07) is 10.8. The smallest absolute Gasteiger partial charge is 0.225 e. The zero-order valence-corrected chi connectivity index (χ0v) is 16.9. The first-order valence-corrected chi connectivity index (χ1v) is 10.6. The number of aryl methyl sites for hydroxylation is 2. The molecule has 5 heteroatoms. The minimum Gasteiger partial charge on any atom is -0.354 e. The number of hydrogen-bond acceptors (Lipinski definition) is 4. The number of piperidine rings is 1. The summed E-state index contributed by atoms with van der Waals surface area (Å²) in [6.07, 6.45) is 6.72. The summed E-state index contributed by atoms with van der Waals surface area (Å²) in [5.41, 5.74) is 4.52. The number of nitrogens with zero attached hydrogens (tertiary/aromatic N) is 3. The van der Waals surface area contributed by atoms with Crippen molar-refractivity contribution in [2.75, 3.05) is 18.0 Å². The van der Waals surface area contributed by atoms with Gasteiger partial charge in [0, 0.05) is 24.7 Å². The Bertz CT molecular complexity index is 827. The first kappa shape index (κ1) is 18.9. The van der Waals surface area contributed by atoms with E-state index >= 15 is 0 Å². The molecule has 1 aliphatic heterocycles. The second-order valence-corrected chi connectivity index (χ2v) is 8.35. The van der Waals surface area contributed by atoms with Crippen LogP contribution >= 0.6 is 0 Å². The lowest BCUT2D eigenvalue weighted by Crippen LogP contribution is -2.45. The monoisotopic (exact) mass is 378 g/mol. The van der Waals surface area contributed by atoms with E-state index in [0.29, 0.717) is 6.04 Å². The van der Waals surface area contributed by atoms with E-state index in [4.69, 9.17) is 0 Å². The predicted octanol–water partition coefficient (Wildman–Crippen LogP) is 4.04. The molecule has 1 amide bonds. The average molecular weight is 379 g/mol. The van der Waals surface area contributed by atoms with Gasteiger partial charge in [-0.25, -0.2) is 0 Å². The third-order valence-corrected chi connectivity index (χ3v) is 6.27. The van der Waals surface area contributed by atoms with Crippen molar-refractivity contribution in [3.63, 3.8) is 0 Å². The van der Waals surface area contributed by atoms with Gasteiger partial charge in [-0.15, -0.1) is 10.2 Å².